The number of benzene rings is 4. The van der Waals surface area contributed by atoms with Crippen molar-refractivity contribution >= 4 is 33.2 Å². The van der Waals surface area contributed by atoms with E-state index in [0.29, 0.717) is 13.0 Å². The molecule has 1 N–H and O–H groups in total. The van der Waals surface area contributed by atoms with Gasteiger partial charge >= 0.3 is 0 Å². The van der Waals surface area contributed by atoms with E-state index in [1.807, 2.05) is 47.4 Å². The molecule has 1 heterocycles. The minimum absolute atomic E-state index is 0.0695. The van der Waals surface area contributed by atoms with Crippen molar-refractivity contribution in [2.75, 3.05) is 10.2 Å². The normalized spacial score (nSPS) is 17.0. The molecule has 1 aliphatic rings. The van der Waals surface area contributed by atoms with Gasteiger partial charge in [-0.2, -0.15) is 0 Å². The van der Waals surface area contributed by atoms with Crippen LogP contribution in [0.4, 0.5) is 11.4 Å². The van der Waals surface area contributed by atoms with E-state index in [-0.39, 0.29) is 5.91 Å². The standard InChI is InChI=1S/C30H27BrN2O/c1-2-22-14-18-26(19-15-22)32-30(20-23-12-16-25(31)17-13-23)27-10-6-7-11-28(27)33(29(30)34)21-24-8-4-3-5-9-24/h3-19,32H,2,20-21H2,1H3. The van der Waals surface area contributed by atoms with Gasteiger partial charge in [-0.15, -0.1) is 0 Å². The largest absolute Gasteiger partial charge is 0.367 e. The molecule has 4 aromatic rings. The first-order valence-corrected chi connectivity index (χ1v) is 12.5. The van der Waals surface area contributed by atoms with Gasteiger partial charge in [0.15, 0.2) is 0 Å². The molecule has 1 amide bonds. The Morgan fingerprint density at radius 3 is 2.12 bits per heavy atom. The number of amides is 1. The Hall–Kier alpha value is -3.37. The van der Waals surface area contributed by atoms with E-state index in [0.717, 1.165) is 39.0 Å². The van der Waals surface area contributed by atoms with E-state index in [1.165, 1.54) is 5.56 Å². The molecule has 3 nitrogen and oxygen atoms in total. The first-order valence-electron chi connectivity index (χ1n) is 11.7. The van der Waals surface area contributed by atoms with Crippen molar-refractivity contribution < 1.29 is 4.79 Å². The monoisotopic (exact) mass is 510 g/mol. The smallest absolute Gasteiger partial charge is 0.258 e. The van der Waals surface area contributed by atoms with E-state index >= 15 is 0 Å². The second kappa shape index (κ2) is 9.47. The molecule has 5 rings (SSSR count). The second-order valence-electron chi connectivity index (χ2n) is 8.78. The first kappa shape index (κ1) is 22.4. The number of halogens is 1. The Morgan fingerprint density at radius 2 is 1.41 bits per heavy atom. The van der Waals surface area contributed by atoms with E-state index in [1.54, 1.807) is 0 Å². The number of fused-ring (bicyclic) bond motifs is 1. The lowest BCUT2D eigenvalue weighted by atomic mass is 9.84. The van der Waals surface area contributed by atoms with Gasteiger partial charge in [0.25, 0.3) is 5.91 Å². The summed E-state index contributed by atoms with van der Waals surface area (Å²) in [4.78, 5) is 16.3. The van der Waals surface area contributed by atoms with Gasteiger partial charge in [-0.05, 0) is 53.4 Å². The van der Waals surface area contributed by atoms with Crippen molar-refractivity contribution in [1.82, 2.24) is 0 Å². The number of para-hydroxylation sites is 1. The van der Waals surface area contributed by atoms with Crippen LogP contribution in [0.1, 0.15) is 29.2 Å². The lowest BCUT2D eigenvalue weighted by molar-refractivity contribution is -0.122. The summed E-state index contributed by atoms with van der Waals surface area (Å²) < 4.78 is 1.03. The number of nitrogens with zero attached hydrogens (tertiary/aromatic N) is 1. The lowest BCUT2D eigenvalue weighted by Gasteiger charge is -2.31. The highest BCUT2D eigenvalue weighted by molar-refractivity contribution is 9.10. The van der Waals surface area contributed by atoms with Crippen LogP contribution in [0.2, 0.25) is 0 Å². The third kappa shape index (κ3) is 4.26. The molecule has 0 spiro atoms. The number of carbonyl (C=O) groups is 1. The highest BCUT2D eigenvalue weighted by Gasteiger charge is 2.51. The number of hydrogen-bond donors (Lipinski definition) is 1. The molecule has 4 aromatic carbocycles. The summed E-state index contributed by atoms with van der Waals surface area (Å²) in [5.41, 5.74) is 5.51. The molecule has 170 valence electrons. The molecule has 0 radical (unpaired) electrons. The lowest BCUT2D eigenvalue weighted by Crippen LogP contribution is -2.47. The van der Waals surface area contributed by atoms with Crippen molar-refractivity contribution in [3.05, 3.63) is 130 Å². The fraction of sp³-hybridized carbons (Fsp3) is 0.167. The topological polar surface area (TPSA) is 32.3 Å². The highest BCUT2D eigenvalue weighted by atomic mass is 79.9. The average Bonchev–Trinajstić information content (AvgIpc) is 3.09. The first-order chi connectivity index (χ1) is 16.6. The molecule has 0 aromatic heterocycles. The maximum absolute atomic E-state index is 14.3. The Bertz CT molecular complexity index is 1290. The zero-order valence-corrected chi connectivity index (χ0v) is 20.8. The molecule has 0 saturated heterocycles. The van der Waals surface area contributed by atoms with Crippen LogP contribution in [0.25, 0.3) is 0 Å². The van der Waals surface area contributed by atoms with Crippen LogP contribution in [0.5, 0.6) is 0 Å². The quantitative estimate of drug-likeness (QED) is 0.287. The molecule has 0 aliphatic carbocycles. The summed E-state index contributed by atoms with van der Waals surface area (Å²) in [7, 11) is 0. The minimum Gasteiger partial charge on any atom is -0.367 e. The van der Waals surface area contributed by atoms with Gasteiger partial charge in [0.1, 0.15) is 5.54 Å². The van der Waals surface area contributed by atoms with E-state index in [9.17, 15) is 4.79 Å². The van der Waals surface area contributed by atoms with Gasteiger partial charge in [-0.3, -0.25) is 4.79 Å². The summed E-state index contributed by atoms with van der Waals surface area (Å²) in [6, 6.07) is 35.0. The predicted molar refractivity (Wildman–Crippen MR) is 143 cm³/mol. The zero-order valence-electron chi connectivity index (χ0n) is 19.2. The summed E-state index contributed by atoms with van der Waals surface area (Å²) in [6.07, 6.45) is 1.54. The molecule has 1 unspecified atom stereocenters. The summed E-state index contributed by atoms with van der Waals surface area (Å²) in [6.45, 7) is 2.69. The van der Waals surface area contributed by atoms with Crippen LogP contribution in [0, 0.1) is 0 Å². The summed E-state index contributed by atoms with van der Waals surface area (Å²) in [5.74, 6) is 0.0695. The fourth-order valence-electron chi connectivity index (χ4n) is 4.76. The van der Waals surface area contributed by atoms with Gasteiger partial charge in [0, 0.05) is 22.1 Å². The third-order valence-corrected chi connectivity index (χ3v) is 7.08. The predicted octanol–water partition coefficient (Wildman–Crippen LogP) is 7.11. The second-order valence-corrected chi connectivity index (χ2v) is 9.69. The van der Waals surface area contributed by atoms with Crippen LogP contribution in [0.3, 0.4) is 0 Å². The minimum atomic E-state index is -0.896. The average molecular weight is 511 g/mol. The maximum atomic E-state index is 14.3. The zero-order chi connectivity index (χ0) is 23.5. The van der Waals surface area contributed by atoms with E-state index in [2.05, 4.69) is 88.8 Å². The molecule has 1 atom stereocenters. The van der Waals surface area contributed by atoms with Crippen LogP contribution >= 0.6 is 15.9 Å². The number of rotatable bonds is 7. The number of hydrogen-bond acceptors (Lipinski definition) is 2. The number of anilines is 2. The maximum Gasteiger partial charge on any atom is 0.258 e. The van der Waals surface area contributed by atoms with Crippen LogP contribution in [0.15, 0.2) is 108 Å². The van der Waals surface area contributed by atoms with E-state index < -0.39 is 5.54 Å². The van der Waals surface area contributed by atoms with Crippen molar-refractivity contribution in [3.63, 3.8) is 0 Å². The van der Waals surface area contributed by atoms with Gasteiger partial charge in [-0.25, -0.2) is 0 Å². The van der Waals surface area contributed by atoms with Gasteiger partial charge in [-0.1, -0.05) is 95.7 Å². The van der Waals surface area contributed by atoms with Gasteiger partial charge < -0.3 is 10.2 Å². The molecule has 4 heteroatoms. The summed E-state index contributed by atoms with van der Waals surface area (Å²) in [5, 5.41) is 3.69. The number of nitrogens with one attached hydrogen (secondary N) is 1. The molecule has 34 heavy (non-hydrogen) atoms. The van der Waals surface area contributed by atoms with Crippen LogP contribution in [-0.2, 0) is 29.7 Å². The Morgan fingerprint density at radius 1 is 0.765 bits per heavy atom. The molecule has 0 bridgehead atoms. The molecular weight excluding hydrogens is 484 g/mol. The number of aryl methyl sites for hydroxylation is 1. The van der Waals surface area contributed by atoms with Crippen molar-refractivity contribution in [2.45, 2.75) is 31.8 Å². The Balaban J connectivity index is 1.61. The van der Waals surface area contributed by atoms with Crippen molar-refractivity contribution in [1.29, 1.82) is 0 Å². The van der Waals surface area contributed by atoms with Crippen LogP contribution in [-0.4, -0.2) is 5.91 Å². The SMILES string of the molecule is CCc1ccc(NC2(Cc3ccc(Br)cc3)C(=O)N(Cc3ccccc3)c3ccccc32)cc1. The van der Waals surface area contributed by atoms with Crippen molar-refractivity contribution in [2.24, 2.45) is 0 Å². The molecular formula is C30H27BrN2O. The van der Waals surface area contributed by atoms with Crippen molar-refractivity contribution in [3.8, 4) is 0 Å². The Labute approximate surface area is 209 Å². The highest BCUT2D eigenvalue weighted by Crippen LogP contribution is 2.45. The van der Waals surface area contributed by atoms with Crippen LogP contribution < -0.4 is 10.2 Å². The molecule has 0 fully saturated rings. The van der Waals surface area contributed by atoms with Gasteiger partial charge in [0.05, 0.1) is 12.2 Å². The third-order valence-electron chi connectivity index (χ3n) is 6.55. The molecule has 0 saturated carbocycles. The summed E-state index contributed by atoms with van der Waals surface area (Å²) >= 11 is 3.53. The van der Waals surface area contributed by atoms with Gasteiger partial charge in [0.2, 0.25) is 0 Å². The number of carbonyl (C=O) groups excluding carboxylic acids is 1. The fourth-order valence-corrected chi connectivity index (χ4v) is 5.03. The Kier molecular flexibility index (Phi) is 6.25. The van der Waals surface area contributed by atoms with E-state index in [4.69, 9.17) is 0 Å². The molecule has 1 aliphatic heterocycles.